The minimum atomic E-state index is 0.296. The molecule has 0 spiro atoms. The van der Waals surface area contributed by atoms with Crippen molar-refractivity contribution in [3.8, 4) is 5.88 Å². The molecule has 0 amide bonds. The van der Waals surface area contributed by atoms with E-state index in [1.807, 2.05) is 25.1 Å². The van der Waals surface area contributed by atoms with Crippen molar-refractivity contribution in [3.05, 3.63) is 12.3 Å². The van der Waals surface area contributed by atoms with Gasteiger partial charge in [-0.25, -0.2) is 4.98 Å². The highest BCUT2D eigenvalue weighted by atomic mass is 16.5. The summed E-state index contributed by atoms with van der Waals surface area (Å²) < 4.78 is 10.9. The smallest absolute Gasteiger partial charge is 0.239 e. The van der Waals surface area contributed by atoms with Gasteiger partial charge in [-0.05, 0) is 18.9 Å². The number of nitrogens with one attached hydrogen (secondary N) is 1. The number of ether oxygens (including phenoxy) is 2. The zero-order valence-electron chi connectivity index (χ0n) is 11.3. The fourth-order valence-corrected chi connectivity index (χ4v) is 2.15. The van der Waals surface area contributed by atoms with Crippen molar-refractivity contribution in [2.75, 3.05) is 44.6 Å². The Bertz CT molecular complexity index is 390. The number of hydrogen-bond donors (Lipinski definition) is 1. The van der Waals surface area contributed by atoms with Crippen LogP contribution in [0.4, 0.5) is 11.4 Å². The summed E-state index contributed by atoms with van der Waals surface area (Å²) in [5.74, 6) is 0.624. The van der Waals surface area contributed by atoms with Crippen LogP contribution < -0.4 is 15.0 Å². The summed E-state index contributed by atoms with van der Waals surface area (Å²) in [7, 11) is 5.65. The number of aromatic nitrogens is 1. The summed E-state index contributed by atoms with van der Waals surface area (Å²) in [6.45, 7) is 1.67. The van der Waals surface area contributed by atoms with E-state index in [0.717, 1.165) is 37.4 Å². The van der Waals surface area contributed by atoms with E-state index < -0.39 is 0 Å². The lowest BCUT2D eigenvalue weighted by Gasteiger charge is -2.21. The predicted octanol–water partition coefficient (Wildman–Crippen LogP) is 1.75. The maximum atomic E-state index is 5.61. The monoisotopic (exact) mass is 251 g/mol. The zero-order valence-corrected chi connectivity index (χ0v) is 11.3. The van der Waals surface area contributed by atoms with E-state index in [1.54, 1.807) is 13.3 Å². The second-order valence-corrected chi connectivity index (χ2v) is 4.62. The molecule has 1 aliphatic rings. The van der Waals surface area contributed by atoms with E-state index in [2.05, 4.69) is 10.3 Å². The Morgan fingerprint density at radius 1 is 1.56 bits per heavy atom. The molecule has 1 aromatic heterocycles. The second kappa shape index (κ2) is 5.91. The molecule has 2 rings (SSSR count). The van der Waals surface area contributed by atoms with E-state index in [4.69, 9.17) is 9.47 Å². The number of methoxy groups -OCH3 is 1. The van der Waals surface area contributed by atoms with Crippen molar-refractivity contribution in [1.29, 1.82) is 0 Å². The lowest BCUT2D eigenvalue weighted by atomic mass is 10.2. The van der Waals surface area contributed by atoms with Crippen LogP contribution in [-0.2, 0) is 4.74 Å². The lowest BCUT2D eigenvalue weighted by molar-refractivity contribution is 0.120. The zero-order chi connectivity index (χ0) is 13.0. The molecule has 0 radical (unpaired) electrons. The van der Waals surface area contributed by atoms with E-state index in [0.29, 0.717) is 12.0 Å². The molecular weight excluding hydrogens is 230 g/mol. The minimum Gasteiger partial charge on any atom is -0.479 e. The summed E-state index contributed by atoms with van der Waals surface area (Å²) in [6.07, 6.45) is 4.32. The fraction of sp³-hybridized carbons (Fsp3) is 0.615. The molecule has 1 N–H and O–H groups in total. The third-order valence-corrected chi connectivity index (χ3v) is 3.10. The van der Waals surface area contributed by atoms with E-state index in [9.17, 15) is 0 Å². The van der Waals surface area contributed by atoms with Crippen molar-refractivity contribution in [2.24, 2.45) is 0 Å². The molecule has 0 bridgehead atoms. The van der Waals surface area contributed by atoms with Crippen LogP contribution in [0.15, 0.2) is 12.3 Å². The lowest BCUT2D eigenvalue weighted by Crippen LogP contribution is -2.21. The maximum absolute atomic E-state index is 5.61. The average molecular weight is 251 g/mol. The summed E-state index contributed by atoms with van der Waals surface area (Å²) in [6, 6.07) is 1.97. The predicted molar refractivity (Wildman–Crippen MR) is 72.6 cm³/mol. The first kappa shape index (κ1) is 13.0. The molecule has 5 nitrogen and oxygen atoms in total. The molecule has 1 aromatic rings. The summed E-state index contributed by atoms with van der Waals surface area (Å²) in [4.78, 5) is 6.28. The quantitative estimate of drug-likeness (QED) is 0.864. The molecule has 0 saturated carbocycles. The van der Waals surface area contributed by atoms with Gasteiger partial charge >= 0.3 is 0 Å². The van der Waals surface area contributed by atoms with Gasteiger partial charge in [0.25, 0.3) is 0 Å². The molecule has 18 heavy (non-hydrogen) atoms. The van der Waals surface area contributed by atoms with Crippen LogP contribution >= 0.6 is 0 Å². The first-order valence-corrected chi connectivity index (χ1v) is 6.28. The maximum Gasteiger partial charge on any atom is 0.239 e. The van der Waals surface area contributed by atoms with Gasteiger partial charge in [0.15, 0.2) is 0 Å². The number of rotatable bonds is 5. The first-order chi connectivity index (χ1) is 8.72. The van der Waals surface area contributed by atoms with Crippen LogP contribution in [0.3, 0.4) is 0 Å². The van der Waals surface area contributed by atoms with Crippen LogP contribution in [0.25, 0.3) is 0 Å². The summed E-state index contributed by atoms with van der Waals surface area (Å²) in [5.41, 5.74) is 2.00. The third-order valence-electron chi connectivity index (χ3n) is 3.10. The van der Waals surface area contributed by atoms with Crippen molar-refractivity contribution < 1.29 is 9.47 Å². The van der Waals surface area contributed by atoms with Gasteiger partial charge in [-0.2, -0.15) is 0 Å². The highest BCUT2D eigenvalue weighted by Gasteiger charge is 2.18. The normalized spacial score (nSPS) is 18.7. The van der Waals surface area contributed by atoms with Crippen molar-refractivity contribution in [3.63, 3.8) is 0 Å². The van der Waals surface area contributed by atoms with Crippen molar-refractivity contribution >= 4 is 11.4 Å². The molecule has 1 aliphatic heterocycles. The highest BCUT2D eigenvalue weighted by molar-refractivity contribution is 5.74. The number of hydrogen-bond acceptors (Lipinski definition) is 5. The SMILES string of the molecule is COc1nccc(N(C)C)c1NCC1CCCO1. The number of nitrogens with zero attached hydrogens (tertiary/aromatic N) is 2. The first-order valence-electron chi connectivity index (χ1n) is 6.28. The molecule has 5 heteroatoms. The Kier molecular flexibility index (Phi) is 4.25. The molecule has 1 saturated heterocycles. The van der Waals surface area contributed by atoms with Crippen molar-refractivity contribution in [1.82, 2.24) is 4.98 Å². The largest absolute Gasteiger partial charge is 0.479 e. The summed E-state index contributed by atoms with van der Waals surface area (Å²) >= 11 is 0. The van der Waals surface area contributed by atoms with Gasteiger partial charge < -0.3 is 19.7 Å². The Morgan fingerprint density at radius 2 is 2.39 bits per heavy atom. The van der Waals surface area contributed by atoms with Crippen LogP contribution in [0.5, 0.6) is 5.88 Å². The standard InChI is InChI=1S/C13H21N3O2/c1-16(2)11-6-7-14-13(17-3)12(11)15-9-10-5-4-8-18-10/h6-7,10,15H,4-5,8-9H2,1-3H3. The van der Waals surface area contributed by atoms with Crippen LogP contribution in [0.2, 0.25) is 0 Å². The Labute approximate surface area is 108 Å². The molecule has 1 atom stereocenters. The molecule has 2 heterocycles. The molecule has 100 valence electrons. The minimum absolute atomic E-state index is 0.296. The van der Waals surface area contributed by atoms with Gasteiger partial charge in [-0.1, -0.05) is 0 Å². The summed E-state index contributed by atoms with van der Waals surface area (Å²) in [5, 5.41) is 3.40. The second-order valence-electron chi connectivity index (χ2n) is 4.62. The molecule has 0 aliphatic carbocycles. The van der Waals surface area contributed by atoms with Gasteiger partial charge in [0, 0.05) is 33.4 Å². The van der Waals surface area contributed by atoms with Crippen molar-refractivity contribution in [2.45, 2.75) is 18.9 Å². The van der Waals surface area contributed by atoms with Crippen LogP contribution in [0.1, 0.15) is 12.8 Å². The molecule has 0 aromatic carbocycles. The number of pyridine rings is 1. The van der Waals surface area contributed by atoms with Gasteiger partial charge in [-0.15, -0.1) is 0 Å². The van der Waals surface area contributed by atoms with Gasteiger partial charge in [0.1, 0.15) is 5.69 Å². The molecule has 1 fully saturated rings. The average Bonchev–Trinajstić information content (AvgIpc) is 2.88. The fourth-order valence-electron chi connectivity index (χ4n) is 2.15. The molecular formula is C13H21N3O2. The van der Waals surface area contributed by atoms with Gasteiger partial charge in [-0.3, -0.25) is 0 Å². The van der Waals surface area contributed by atoms with E-state index >= 15 is 0 Å². The van der Waals surface area contributed by atoms with Crippen LogP contribution in [-0.4, -0.2) is 45.4 Å². The topological polar surface area (TPSA) is 46.6 Å². The number of anilines is 2. The van der Waals surface area contributed by atoms with Gasteiger partial charge in [0.05, 0.1) is 18.9 Å². The van der Waals surface area contributed by atoms with Crippen LogP contribution in [0, 0.1) is 0 Å². The van der Waals surface area contributed by atoms with E-state index in [-0.39, 0.29) is 0 Å². The van der Waals surface area contributed by atoms with Gasteiger partial charge in [0.2, 0.25) is 5.88 Å². The Balaban J connectivity index is 2.12. The highest BCUT2D eigenvalue weighted by Crippen LogP contribution is 2.32. The molecule has 1 unspecified atom stereocenters. The Morgan fingerprint density at radius 3 is 3.00 bits per heavy atom. The third kappa shape index (κ3) is 2.85. The Hall–Kier alpha value is -1.49. The van der Waals surface area contributed by atoms with E-state index in [1.165, 1.54) is 0 Å².